The lowest BCUT2D eigenvalue weighted by atomic mass is 9.40. The lowest BCUT2D eigenvalue weighted by molar-refractivity contribution is -0.0568. The van der Waals surface area contributed by atoms with Crippen molar-refractivity contribution in [3.63, 3.8) is 0 Å². The Morgan fingerprint density at radius 2 is 0.857 bits per heavy atom. The summed E-state index contributed by atoms with van der Waals surface area (Å²) >= 11 is 0. The summed E-state index contributed by atoms with van der Waals surface area (Å²) in [6.07, 6.45) is 23.8. The minimum absolute atomic E-state index is 0.0995. The van der Waals surface area contributed by atoms with Gasteiger partial charge in [-0.05, 0) is 323 Å². The first-order valence-corrected chi connectivity index (χ1v) is 43.4. The van der Waals surface area contributed by atoms with Crippen LogP contribution in [0.2, 0.25) is 0 Å². The molecule has 0 saturated heterocycles. The van der Waals surface area contributed by atoms with Crippen LogP contribution in [0.5, 0.6) is 0 Å². The molecule has 4 heteroatoms. The van der Waals surface area contributed by atoms with Gasteiger partial charge in [-0.15, -0.1) is 0 Å². The second kappa shape index (κ2) is 23.7. The minimum Gasteiger partial charge on any atom is -0.455 e. The lowest BCUT2D eigenvalue weighted by Crippen LogP contribution is -2.57. The fraction of sp³-hybridized carbons (Fsp3) is 0.333. The monoisotopic (exact) mass is 1450 g/mol. The van der Waals surface area contributed by atoms with Crippen molar-refractivity contribution in [1.29, 1.82) is 0 Å². The zero-order valence-corrected chi connectivity index (χ0v) is 65.4. The first kappa shape index (κ1) is 65.4. The van der Waals surface area contributed by atoms with Crippen LogP contribution in [0.4, 0.5) is 34.1 Å². The summed E-state index contributed by atoms with van der Waals surface area (Å²) in [5.41, 5.74) is 38.6. The highest BCUT2D eigenvalue weighted by atomic mass is 16.3. The van der Waals surface area contributed by atoms with E-state index in [2.05, 4.69) is 274 Å². The fourth-order valence-electron chi connectivity index (χ4n) is 28.0. The molecule has 12 aromatic carbocycles. The second-order valence-electron chi connectivity index (χ2n) is 38.3. The van der Waals surface area contributed by atoms with Crippen LogP contribution < -0.4 is 9.80 Å². The molecule has 8 bridgehead atoms. The molecule has 13 aliphatic carbocycles. The number of anilines is 6. The molecule has 0 N–H and O–H groups in total. The highest BCUT2D eigenvalue weighted by Crippen LogP contribution is 2.74. The van der Waals surface area contributed by atoms with Gasteiger partial charge in [0.1, 0.15) is 16.7 Å². The fourth-order valence-corrected chi connectivity index (χ4v) is 28.0. The molecule has 2 aromatic heterocycles. The summed E-state index contributed by atoms with van der Waals surface area (Å²) in [4.78, 5) is 5.33. The standard InChI is InChI=1S/C108H98N2O2/c1-105(2)91-34-17-13-28-81(91)84-43-39-74(57-94(84)105)109(73-38-42-79-67(55-73)26-10-6-7-22-65-25-11-12-27-78(65)79)77-56-90-87-32-21-33-89(102(87)112-103(90)97(60-77)107-61-63-48-64(62-107)50-70(107)49-63)100-68-51-71-53-69(100)54-72(52-68)108(71)93-36-19-15-30-83(93)86-45-41-76(59-96(86)108)110(75-40-44-85-82-29-14-18-35-92(82)106(3,4)95(85)58-75)98-47-46-80(66-23-8-5-9-24-66)101-88-31-16-20-37-99(88)111-104(98)101/h11-21,25,27-47,55-60,63-64,66,68-72,100H,5-10,22-24,26,48-54,61-62H2,1-4H3. The van der Waals surface area contributed by atoms with E-state index in [1.54, 1.807) is 11.1 Å². The van der Waals surface area contributed by atoms with Gasteiger partial charge < -0.3 is 18.6 Å². The molecular formula is C108H98N2O2. The topological polar surface area (TPSA) is 32.8 Å². The zero-order valence-electron chi connectivity index (χ0n) is 65.4. The van der Waals surface area contributed by atoms with E-state index in [4.69, 9.17) is 8.83 Å². The Morgan fingerprint density at radius 1 is 0.330 bits per heavy atom. The smallest absolute Gasteiger partial charge is 0.159 e. The Kier molecular flexibility index (Phi) is 13.9. The molecule has 0 amide bonds. The first-order chi connectivity index (χ1) is 54.9. The van der Waals surface area contributed by atoms with E-state index < -0.39 is 0 Å². The molecular weight excluding hydrogens is 1360 g/mol. The molecule has 0 aliphatic heterocycles. The zero-order chi connectivity index (χ0) is 73.8. The van der Waals surface area contributed by atoms with Gasteiger partial charge in [-0.2, -0.15) is 0 Å². The van der Waals surface area contributed by atoms with Gasteiger partial charge in [0.2, 0.25) is 0 Å². The Bertz CT molecular complexity index is 6290. The number of hydrogen-bond acceptors (Lipinski definition) is 4. The van der Waals surface area contributed by atoms with Gasteiger partial charge in [-0.3, -0.25) is 0 Å². The van der Waals surface area contributed by atoms with Gasteiger partial charge in [0.15, 0.2) is 5.58 Å². The molecule has 9 fully saturated rings. The number of benzene rings is 12. The average molecular weight is 1460 g/mol. The third-order valence-corrected chi connectivity index (χ3v) is 32.3. The number of rotatable bonds is 9. The largest absolute Gasteiger partial charge is 0.455 e. The molecule has 2 heterocycles. The normalized spacial score (nSPS) is 26.1. The predicted octanol–water partition coefficient (Wildman–Crippen LogP) is 29.2. The van der Waals surface area contributed by atoms with E-state index in [1.165, 1.54) is 265 Å². The van der Waals surface area contributed by atoms with E-state index in [9.17, 15) is 0 Å². The van der Waals surface area contributed by atoms with Crippen LogP contribution >= 0.6 is 0 Å². The summed E-state index contributed by atoms with van der Waals surface area (Å²) in [6, 6.07) is 94.2. The van der Waals surface area contributed by atoms with Crippen molar-refractivity contribution >= 4 is 78.0 Å². The Morgan fingerprint density at radius 3 is 1.54 bits per heavy atom. The maximum absolute atomic E-state index is 8.05. The molecule has 13 aliphatic rings. The van der Waals surface area contributed by atoms with E-state index >= 15 is 0 Å². The maximum atomic E-state index is 8.05. The maximum Gasteiger partial charge on any atom is 0.159 e. The Balaban J connectivity index is 0.630. The average Bonchev–Trinajstić information content (AvgIpc) is 1.45. The van der Waals surface area contributed by atoms with E-state index in [0.717, 1.165) is 41.5 Å². The van der Waals surface area contributed by atoms with E-state index in [1.807, 2.05) is 0 Å². The van der Waals surface area contributed by atoms with Gasteiger partial charge in [-0.25, -0.2) is 0 Å². The van der Waals surface area contributed by atoms with Crippen LogP contribution in [-0.4, -0.2) is 0 Å². The van der Waals surface area contributed by atoms with Crippen molar-refractivity contribution in [2.75, 3.05) is 9.80 Å². The van der Waals surface area contributed by atoms with Crippen molar-refractivity contribution in [1.82, 2.24) is 0 Å². The molecule has 2 atom stereocenters. The Hall–Kier alpha value is -10.2. The molecule has 27 rings (SSSR count). The molecule has 9 saturated carbocycles. The van der Waals surface area contributed by atoms with Crippen molar-refractivity contribution in [3.8, 4) is 44.5 Å². The molecule has 14 aromatic rings. The summed E-state index contributed by atoms with van der Waals surface area (Å²) in [7, 11) is 0. The molecule has 4 nitrogen and oxygen atoms in total. The quantitative estimate of drug-likeness (QED) is 0.144. The summed E-state index contributed by atoms with van der Waals surface area (Å²) in [6.45, 7) is 9.77. The van der Waals surface area contributed by atoms with Crippen LogP contribution in [0.1, 0.15) is 210 Å². The van der Waals surface area contributed by atoms with Crippen molar-refractivity contribution < 1.29 is 8.83 Å². The molecule has 112 heavy (non-hydrogen) atoms. The molecule has 0 radical (unpaired) electrons. The summed E-state index contributed by atoms with van der Waals surface area (Å²) < 4.78 is 15.4. The molecule has 1 spiro atoms. The van der Waals surface area contributed by atoms with Gasteiger partial charge in [0.05, 0.1) is 5.69 Å². The van der Waals surface area contributed by atoms with E-state index in [-0.39, 0.29) is 21.7 Å². The van der Waals surface area contributed by atoms with Crippen LogP contribution in [0, 0.1) is 41.4 Å². The van der Waals surface area contributed by atoms with Crippen molar-refractivity contribution in [2.45, 2.75) is 183 Å². The van der Waals surface area contributed by atoms with Gasteiger partial charge in [0, 0.05) is 77.2 Å². The predicted molar refractivity (Wildman–Crippen MR) is 461 cm³/mol. The van der Waals surface area contributed by atoms with E-state index in [0.29, 0.717) is 41.4 Å². The minimum atomic E-state index is -0.167. The SMILES string of the molecule is CC1(C)c2ccccc2-c2ccc(N(c3ccc4c(c3)CCCCCc3ccccc3-4)c3cc(C45CC6CC(CC4C6)C5)c4oc5c(C6C7CC8CC6CC(C7)C86c7ccccc7-c7ccc(N(c8ccc9c(c8)C(C)(C)c8ccccc8-9)c8ccc(C9CCCCC9)c9c8oc8ccccc89)cc76)cccc5c4c3)cc21. The number of nitrogens with zero attached hydrogens (tertiary/aromatic N) is 2. The van der Waals surface area contributed by atoms with Crippen molar-refractivity contribution in [3.05, 3.63) is 298 Å². The number of para-hydroxylation sites is 2. The first-order valence-electron chi connectivity index (χ1n) is 43.4. The van der Waals surface area contributed by atoms with Gasteiger partial charge >= 0.3 is 0 Å². The van der Waals surface area contributed by atoms with Crippen LogP contribution in [0.3, 0.4) is 0 Å². The molecule has 2 unspecified atom stereocenters. The van der Waals surface area contributed by atoms with Crippen LogP contribution in [0.15, 0.2) is 245 Å². The number of hydrogen-bond donors (Lipinski definition) is 0. The van der Waals surface area contributed by atoms with Crippen LogP contribution in [-0.2, 0) is 34.5 Å². The highest BCUT2D eigenvalue weighted by molar-refractivity contribution is 6.13. The number of furan rings is 2. The summed E-state index contributed by atoms with van der Waals surface area (Å²) in [5, 5.41) is 5.15. The second-order valence-corrected chi connectivity index (χ2v) is 38.3. The van der Waals surface area contributed by atoms with Crippen molar-refractivity contribution in [2.24, 2.45) is 41.4 Å². The molecule has 552 valence electrons. The summed E-state index contributed by atoms with van der Waals surface area (Å²) in [5.74, 6) is 5.34. The Labute approximate surface area is 659 Å². The number of fused-ring (bicyclic) bond motifs is 18. The van der Waals surface area contributed by atoms with Crippen LogP contribution in [0.25, 0.3) is 88.4 Å². The third kappa shape index (κ3) is 8.97. The highest BCUT2D eigenvalue weighted by Gasteiger charge is 2.65. The third-order valence-electron chi connectivity index (χ3n) is 32.3. The van der Waals surface area contributed by atoms with Gasteiger partial charge in [0.25, 0.3) is 0 Å². The number of aryl methyl sites for hydroxylation is 2. The lowest BCUT2D eigenvalue weighted by Gasteiger charge is -2.63. The van der Waals surface area contributed by atoms with Gasteiger partial charge in [-0.1, -0.05) is 217 Å².